The fourth-order valence-corrected chi connectivity index (χ4v) is 2.54. The van der Waals surface area contributed by atoms with Crippen LogP contribution in [-0.2, 0) is 9.59 Å². The average molecular weight is 334 g/mol. The number of carboxylic acid groups (broad SMARTS) is 1. The summed E-state index contributed by atoms with van der Waals surface area (Å²) in [6.45, 7) is 0. The number of amides is 1. The van der Waals surface area contributed by atoms with Gasteiger partial charge in [0.05, 0.1) is 6.07 Å². The van der Waals surface area contributed by atoms with E-state index in [0.29, 0.717) is 22.8 Å². The highest BCUT2D eigenvalue weighted by Gasteiger charge is 2.36. The topological polar surface area (TPSA) is 99.4 Å². The highest BCUT2D eigenvalue weighted by atomic mass is 16.5. The molecule has 0 fully saturated rings. The van der Waals surface area contributed by atoms with Crippen LogP contribution in [0.2, 0.25) is 0 Å². The molecule has 0 spiro atoms. The molecule has 1 amide bonds. The number of carboxylic acids is 1. The van der Waals surface area contributed by atoms with Crippen molar-refractivity contribution in [3.63, 3.8) is 0 Å². The van der Waals surface area contributed by atoms with E-state index in [1.54, 1.807) is 30.3 Å². The molecular formula is C19H14N2O4. The summed E-state index contributed by atoms with van der Waals surface area (Å²) in [5, 5.41) is 20.8. The summed E-state index contributed by atoms with van der Waals surface area (Å²) in [6.07, 6.45) is 1.39. The van der Waals surface area contributed by atoms with Crippen molar-refractivity contribution in [3.8, 4) is 17.6 Å². The highest BCUT2D eigenvalue weighted by Crippen LogP contribution is 2.27. The van der Waals surface area contributed by atoms with Crippen molar-refractivity contribution in [2.45, 2.75) is 0 Å². The van der Waals surface area contributed by atoms with Gasteiger partial charge in [-0.25, -0.2) is 0 Å². The third-order valence-corrected chi connectivity index (χ3v) is 3.81. The minimum absolute atomic E-state index is 0.371. The number of ether oxygens (including phenoxy) is 1. The Morgan fingerprint density at radius 1 is 1.08 bits per heavy atom. The summed E-state index contributed by atoms with van der Waals surface area (Å²) in [6, 6.07) is 17.9. The molecule has 2 atom stereocenters. The van der Waals surface area contributed by atoms with Gasteiger partial charge >= 0.3 is 5.97 Å². The molecule has 2 N–H and O–H groups in total. The van der Waals surface area contributed by atoms with Crippen molar-refractivity contribution in [3.05, 3.63) is 66.2 Å². The van der Waals surface area contributed by atoms with E-state index < -0.39 is 23.7 Å². The van der Waals surface area contributed by atoms with Crippen LogP contribution in [0.25, 0.3) is 5.70 Å². The molecule has 6 nitrogen and oxygen atoms in total. The molecule has 0 aliphatic carbocycles. The number of nitrogens with one attached hydrogen (secondary N) is 1. The molecule has 0 radical (unpaired) electrons. The lowest BCUT2D eigenvalue weighted by molar-refractivity contribution is -0.144. The smallest absolute Gasteiger partial charge is 0.312 e. The van der Waals surface area contributed by atoms with Crippen molar-refractivity contribution in [2.24, 2.45) is 11.8 Å². The lowest BCUT2D eigenvalue weighted by atomic mass is 9.87. The molecule has 0 saturated heterocycles. The average Bonchev–Trinajstić information content (AvgIpc) is 2.62. The summed E-state index contributed by atoms with van der Waals surface area (Å²) in [5.41, 5.74) is 1.01. The van der Waals surface area contributed by atoms with Gasteiger partial charge in [-0.3, -0.25) is 9.59 Å². The van der Waals surface area contributed by atoms with E-state index in [0.717, 1.165) is 0 Å². The van der Waals surface area contributed by atoms with Gasteiger partial charge in [-0.2, -0.15) is 5.26 Å². The maximum Gasteiger partial charge on any atom is 0.312 e. The van der Waals surface area contributed by atoms with E-state index in [4.69, 9.17) is 10.00 Å². The van der Waals surface area contributed by atoms with Crippen molar-refractivity contribution >= 4 is 17.6 Å². The van der Waals surface area contributed by atoms with Gasteiger partial charge < -0.3 is 15.2 Å². The molecule has 1 heterocycles. The normalized spacial score (nSPS) is 19.3. The number of nitrogens with zero attached hydrogens (tertiary/aromatic N) is 1. The number of aliphatic carboxylic acids is 1. The van der Waals surface area contributed by atoms with Crippen molar-refractivity contribution in [2.75, 3.05) is 0 Å². The summed E-state index contributed by atoms with van der Waals surface area (Å²) in [4.78, 5) is 23.3. The SMILES string of the molecule is N#CC1C(=O)NC(c2ccc(Oc3ccccc3)cc2)=CC1C(=O)O. The number of benzene rings is 2. The summed E-state index contributed by atoms with van der Waals surface area (Å²) in [7, 11) is 0. The number of nitriles is 1. The van der Waals surface area contributed by atoms with Crippen LogP contribution in [0.5, 0.6) is 11.5 Å². The van der Waals surface area contributed by atoms with Crippen molar-refractivity contribution in [1.82, 2.24) is 5.32 Å². The minimum atomic E-state index is -1.23. The molecular weight excluding hydrogens is 320 g/mol. The number of hydrogen-bond donors (Lipinski definition) is 2. The molecule has 2 aromatic rings. The molecule has 0 saturated carbocycles. The van der Waals surface area contributed by atoms with Crippen LogP contribution in [0.3, 0.4) is 0 Å². The van der Waals surface area contributed by atoms with Crippen LogP contribution in [-0.4, -0.2) is 17.0 Å². The number of carbonyl (C=O) groups is 2. The van der Waals surface area contributed by atoms with Gasteiger partial charge in [-0.1, -0.05) is 18.2 Å². The maximum atomic E-state index is 12.0. The molecule has 6 heteroatoms. The first-order chi connectivity index (χ1) is 12.1. The molecule has 25 heavy (non-hydrogen) atoms. The molecule has 0 bridgehead atoms. The van der Waals surface area contributed by atoms with Gasteiger partial charge in [0.25, 0.3) is 0 Å². The van der Waals surface area contributed by atoms with Crippen LogP contribution in [0.1, 0.15) is 5.56 Å². The molecule has 124 valence electrons. The monoisotopic (exact) mass is 334 g/mol. The largest absolute Gasteiger partial charge is 0.481 e. The lowest BCUT2D eigenvalue weighted by Crippen LogP contribution is -2.40. The summed E-state index contributed by atoms with van der Waals surface area (Å²) >= 11 is 0. The Labute approximate surface area is 144 Å². The summed E-state index contributed by atoms with van der Waals surface area (Å²) < 4.78 is 5.69. The number of carbonyl (C=O) groups excluding carboxylic acids is 1. The van der Waals surface area contributed by atoms with Gasteiger partial charge in [0.1, 0.15) is 23.3 Å². The van der Waals surface area contributed by atoms with Crippen LogP contribution in [0, 0.1) is 23.2 Å². The van der Waals surface area contributed by atoms with E-state index in [1.807, 2.05) is 30.3 Å². The predicted molar refractivity (Wildman–Crippen MR) is 89.3 cm³/mol. The molecule has 2 unspecified atom stereocenters. The van der Waals surface area contributed by atoms with E-state index in [2.05, 4.69) is 5.32 Å². The predicted octanol–water partition coefficient (Wildman–Crippen LogP) is 2.79. The van der Waals surface area contributed by atoms with E-state index in [9.17, 15) is 14.7 Å². The van der Waals surface area contributed by atoms with Crippen LogP contribution < -0.4 is 10.1 Å². The first-order valence-corrected chi connectivity index (χ1v) is 7.57. The van der Waals surface area contributed by atoms with Crippen LogP contribution in [0.4, 0.5) is 0 Å². The Morgan fingerprint density at radius 2 is 1.72 bits per heavy atom. The Balaban J connectivity index is 1.83. The molecule has 1 aliphatic rings. The fourth-order valence-electron chi connectivity index (χ4n) is 2.54. The third-order valence-electron chi connectivity index (χ3n) is 3.81. The van der Waals surface area contributed by atoms with Gasteiger partial charge in [-0.05, 0) is 48.0 Å². The second kappa shape index (κ2) is 6.89. The van der Waals surface area contributed by atoms with Gasteiger partial charge in [0.15, 0.2) is 0 Å². The van der Waals surface area contributed by atoms with Crippen molar-refractivity contribution < 1.29 is 19.4 Å². The Bertz CT molecular complexity index is 867. The van der Waals surface area contributed by atoms with Gasteiger partial charge in [0.2, 0.25) is 5.91 Å². The van der Waals surface area contributed by atoms with Crippen molar-refractivity contribution in [1.29, 1.82) is 5.26 Å². The zero-order valence-corrected chi connectivity index (χ0v) is 13.0. The second-order valence-electron chi connectivity index (χ2n) is 5.48. The lowest BCUT2D eigenvalue weighted by Gasteiger charge is -2.23. The van der Waals surface area contributed by atoms with Gasteiger partial charge in [-0.15, -0.1) is 0 Å². The standard InChI is InChI=1S/C19H14N2O4/c20-11-16-15(19(23)24)10-17(21-18(16)22)12-6-8-14(9-7-12)25-13-4-2-1-3-5-13/h1-10,15-16H,(H,21,22)(H,23,24). The quantitative estimate of drug-likeness (QED) is 0.895. The third kappa shape index (κ3) is 3.51. The van der Waals surface area contributed by atoms with Crippen LogP contribution >= 0.6 is 0 Å². The highest BCUT2D eigenvalue weighted by molar-refractivity contribution is 5.97. The minimum Gasteiger partial charge on any atom is -0.481 e. The number of hydrogen-bond acceptors (Lipinski definition) is 4. The second-order valence-corrected chi connectivity index (χ2v) is 5.48. The number of rotatable bonds is 4. The van der Waals surface area contributed by atoms with E-state index in [1.165, 1.54) is 6.08 Å². The van der Waals surface area contributed by atoms with Gasteiger partial charge in [0, 0.05) is 5.70 Å². The zero-order chi connectivity index (χ0) is 17.8. The fraction of sp³-hybridized carbons (Fsp3) is 0.105. The Morgan fingerprint density at radius 3 is 2.32 bits per heavy atom. The van der Waals surface area contributed by atoms with Crippen LogP contribution in [0.15, 0.2) is 60.7 Å². The van der Waals surface area contributed by atoms with E-state index >= 15 is 0 Å². The molecule has 1 aliphatic heterocycles. The Hall–Kier alpha value is -3.59. The molecule has 2 aromatic carbocycles. The Kier molecular flexibility index (Phi) is 4.48. The number of para-hydroxylation sites is 1. The summed E-state index contributed by atoms with van der Waals surface area (Å²) in [5.74, 6) is -2.92. The first kappa shape index (κ1) is 16.3. The molecule has 3 rings (SSSR count). The zero-order valence-electron chi connectivity index (χ0n) is 13.0. The molecule has 0 aromatic heterocycles. The first-order valence-electron chi connectivity index (χ1n) is 7.57. The maximum absolute atomic E-state index is 12.0. The van der Waals surface area contributed by atoms with E-state index in [-0.39, 0.29) is 0 Å².